The second kappa shape index (κ2) is 16.8. The lowest BCUT2D eigenvalue weighted by atomic mass is 9.96. The van der Waals surface area contributed by atoms with E-state index in [0.717, 1.165) is 117 Å². The Hall–Kier alpha value is -5.46. The summed E-state index contributed by atoms with van der Waals surface area (Å²) in [5.74, 6) is 0.338. The predicted molar refractivity (Wildman–Crippen MR) is 239 cm³/mol. The van der Waals surface area contributed by atoms with Gasteiger partial charge in [0, 0.05) is 88.2 Å². The summed E-state index contributed by atoms with van der Waals surface area (Å²) >= 11 is 0. The molecule has 0 spiro atoms. The van der Waals surface area contributed by atoms with Gasteiger partial charge in [0.15, 0.2) is 11.9 Å². The van der Waals surface area contributed by atoms with Gasteiger partial charge in [0.2, 0.25) is 0 Å². The van der Waals surface area contributed by atoms with Crippen LogP contribution in [0.15, 0.2) is 82.8 Å². The normalized spacial score (nSPS) is 17.8. The molecule has 0 unspecified atom stereocenters. The first-order valence-corrected chi connectivity index (χ1v) is 21.3. The summed E-state index contributed by atoms with van der Waals surface area (Å²) < 4.78 is 0. The standard InChI is InChI=1S/C46H60N12/c47-45(48)51-15-1-17-53-19-11-33-3-7-41-37(23-33)27-55-31-57(41)29-39-25-35(5-9-43(39)55)13-21-54(18-2-16-52-46(49)50)22-14-36-6-10-44-40(26-36)30-58-32-56(44)28-38-24-34(12-20-53)4-8-42(38)58/h3-10,23-26H,1-2,11-22,27-32H2,(H4,47,48,51)(H4,49,50,52). The third kappa shape index (κ3) is 8.54. The van der Waals surface area contributed by atoms with Gasteiger partial charge in [-0.3, -0.25) is 9.98 Å². The summed E-state index contributed by atoms with van der Waals surface area (Å²) in [5.41, 5.74) is 39.5. The molecule has 58 heavy (non-hydrogen) atoms. The SMILES string of the molecule is NC(N)=NCCCN1CCc2ccc3c(c2)CN2CN3Cc3cc(ccc32)CCN(CCCN=C(N)N)CCc2ccc3c(c2)CN2CN3Cc3cc(ccc32)CC1. The number of rotatable bonds is 8. The van der Waals surface area contributed by atoms with Gasteiger partial charge in [0.25, 0.3) is 0 Å². The minimum absolute atomic E-state index is 0.169. The molecular formula is C46H60N12. The summed E-state index contributed by atoms with van der Waals surface area (Å²) in [6.07, 6.45) is 5.90. The van der Waals surface area contributed by atoms with E-state index in [9.17, 15) is 0 Å². The molecule has 12 nitrogen and oxygen atoms in total. The molecule has 16 bridgehead atoms. The van der Waals surface area contributed by atoms with Gasteiger partial charge in [-0.1, -0.05) is 48.5 Å². The monoisotopic (exact) mass is 781 g/mol. The zero-order valence-electron chi connectivity index (χ0n) is 34.0. The van der Waals surface area contributed by atoms with E-state index in [-0.39, 0.29) is 11.9 Å². The average Bonchev–Trinajstić information content (AvgIpc) is 3.21. The third-order valence-electron chi connectivity index (χ3n) is 12.8. The molecule has 304 valence electrons. The zero-order valence-corrected chi connectivity index (χ0v) is 34.0. The van der Waals surface area contributed by atoms with E-state index < -0.39 is 0 Å². The molecule has 4 aromatic rings. The number of nitrogens with zero attached hydrogens (tertiary/aromatic N) is 8. The van der Waals surface area contributed by atoms with Crippen molar-refractivity contribution in [3.05, 3.63) is 117 Å². The van der Waals surface area contributed by atoms with Crippen LogP contribution >= 0.6 is 0 Å². The minimum Gasteiger partial charge on any atom is -0.370 e. The van der Waals surface area contributed by atoms with Crippen molar-refractivity contribution in [1.29, 1.82) is 0 Å². The van der Waals surface area contributed by atoms with Crippen LogP contribution in [-0.4, -0.2) is 87.4 Å². The Balaban J connectivity index is 0.993. The highest BCUT2D eigenvalue weighted by Gasteiger charge is 2.31. The van der Waals surface area contributed by atoms with E-state index in [1.807, 2.05) is 0 Å². The summed E-state index contributed by atoms with van der Waals surface area (Å²) in [6, 6.07) is 28.8. The second-order valence-corrected chi connectivity index (χ2v) is 16.9. The van der Waals surface area contributed by atoms with E-state index in [0.29, 0.717) is 13.1 Å². The fraction of sp³-hybridized carbons (Fsp3) is 0.435. The van der Waals surface area contributed by atoms with E-state index in [2.05, 4.69) is 112 Å². The Bertz CT molecular complexity index is 1890. The van der Waals surface area contributed by atoms with Gasteiger partial charge in [-0.25, -0.2) is 0 Å². The molecule has 8 N–H and O–H groups in total. The second-order valence-electron chi connectivity index (χ2n) is 16.9. The maximum Gasteiger partial charge on any atom is 0.185 e. The number of anilines is 4. The van der Waals surface area contributed by atoms with Crippen molar-refractivity contribution in [3.63, 3.8) is 0 Å². The van der Waals surface area contributed by atoms with Gasteiger partial charge in [0.1, 0.15) is 0 Å². The Morgan fingerprint density at radius 2 is 0.724 bits per heavy atom. The average molecular weight is 781 g/mol. The number of hydrogen-bond donors (Lipinski definition) is 4. The Morgan fingerprint density at radius 3 is 1.00 bits per heavy atom. The Morgan fingerprint density at radius 1 is 0.431 bits per heavy atom. The van der Waals surface area contributed by atoms with Gasteiger partial charge < -0.3 is 52.3 Å². The summed E-state index contributed by atoms with van der Waals surface area (Å²) in [7, 11) is 0. The van der Waals surface area contributed by atoms with Crippen LogP contribution in [0, 0.1) is 0 Å². The van der Waals surface area contributed by atoms with Gasteiger partial charge in [-0.15, -0.1) is 0 Å². The number of hydrogen-bond acceptors (Lipinski definition) is 8. The van der Waals surface area contributed by atoms with Crippen LogP contribution in [0.1, 0.15) is 57.3 Å². The molecule has 4 aromatic carbocycles. The Kier molecular flexibility index (Phi) is 11.0. The summed E-state index contributed by atoms with van der Waals surface area (Å²) in [6.45, 7) is 12.9. The van der Waals surface area contributed by atoms with E-state index in [1.54, 1.807) is 0 Å². The maximum absolute atomic E-state index is 5.66. The predicted octanol–water partition coefficient (Wildman–Crippen LogP) is 4.10. The lowest BCUT2D eigenvalue weighted by molar-refractivity contribution is 0.278. The smallest absolute Gasteiger partial charge is 0.185 e. The molecule has 11 aliphatic heterocycles. The number of nitrogens with two attached hydrogens (primary N) is 4. The molecule has 12 heteroatoms. The molecular weight excluding hydrogens is 721 g/mol. The number of guanidine groups is 2. The molecule has 0 atom stereocenters. The first-order valence-electron chi connectivity index (χ1n) is 21.3. The van der Waals surface area contributed by atoms with Crippen LogP contribution in [-0.2, 0) is 51.9 Å². The highest BCUT2D eigenvalue weighted by atomic mass is 15.4. The van der Waals surface area contributed by atoms with Crippen molar-refractivity contribution in [2.24, 2.45) is 32.9 Å². The van der Waals surface area contributed by atoms with Crippen molar-refractivity contribution in [1.82, 2.24) is 9.80 Å². The fourth-order valence-electron chi connectivity index (χ4n) is 9.82. The minimum atomic E-state index is 0.169. The lowest BCUT2D eigenvalue weighted by Crippen LogP contribution is -2.46. The molecule has 0 radical (unpaired) electrons. The Labute approximate surface area is 343 Å². The van der Waals surface area contributed by atoms with Crippen molar-refractivity contribution in [2.45, 2.75) is 64.7 Å². The van der Waals surface area contributed by atoms with E-state index in [4.69, 9.17) is 22.9 Å². The van der Waals surface area contributed by atoms with Crippen molar-refractivity contribution in [3.8, 4) is 0 Å². The van der Waals surface area contributed by atoms with Crippen LogP contribution in [0.3, 0.4) is 0 Å². The summed E-state index contributed by atoms with van der Waals surface area (Å²) in [4.78, 5) is 24.0. The van der Waals surface area contributed by atoms with Gasteiger partial charge in [0.05, 0.1) is 13.3 Å². The van der Waals surface area contributed by atoms with Crippen molar-refractivity contribution in [2.75, 3.05) is 85.3 Å². The largest absolute Gasteiger partial charge is 0.370 e. The van der Waals surface area contributed by atoms with E-state index in [1.165, 1.54) is 67.3 Å². The first-order chi connectivity index (χ1) is 28.3. The molecule has 0 aromatic heterocycles. The van der Waals surface area contributed by atoms with Gasteiger partial charge in [-0.2, -0.15) is 0 Å². The van der Waals surface area contributed by atoms with Crippen LogP contribution < -0.4 is 42.5 Å². The maximum atomic E-state index is 5.66. The topological polar surface area (TPSA) is 148 Å². The zero-order chi connectivity index (χ0) is 39.6. The molecule has 0 saturated heterocycles. The molecule has 0 saturated carbocycles. The van der Waals surface area contributed by atoms with Crippen LogP contribution in [0.2, 0.25) is 0 Å². The van der Waals surface area contributed by atoms with Crippen LogP contribution in [0.25, 0.3) is 0 Å². The fourth-order valence-corrected chi connectivity index (χ4v) is 9.82. The van der Waals surface area contributed by atoms with Crippen LogP contribution in [0.4, 0.5) is 22.7 Å². The van der Waals surface area contributed by atoms with Crippen LogP contribution in [0.5, 0.6) is 0 Å². The highest BCUT2D eigenvalue weighted by Crippen LogP contribution is 2.40. The molecule has 0 aliphatic carbocycles. The molecule has 11 aliphatic rings. The number of benzene rings is 4. The summed E-state index contributed by atoms with van der Waals surface area (Å²) in [5, 5.41) is 0. The third-order valence-corrected chi connectivity index (χ3v) is 12.8. The first kappa shape index (κ1) is 38.1. The van der Waals surface area contributed by atoms with Crippen molar-refractivity contribution >= 4 is 34.7 Å². The quantitative estimate of drug-likeness (QED) is 0.117. The molecule has 0 fully saturated rings. The molecule has 0 amide bonds. The highest BCUT2D eigenvalue weighted by molar-refractivity contribution is 5.76. The van der Waals surface area contributed by atoms with Crippen molar-refractivity contribution < 1.29 is 0 Å². The van der Waals surface area contributed by atoms with E-state index >= 15 is 0 Å². The lowest BCUT2D eigenvalue weighted by Gasteiger charge is -2.45. The van der Waals surface area contributed by atoms with Gasteiger partial charge in [-0.05, 0) is 120 Å². The molecule has 11 heterocycles. The van der Waals surface area contributed by atoms with Gasteiger partial charge >= 0.3 is 0 Å². The molecule has 15 rings (SSSR count). The number of aliphatic imine (C=N–C) groups is 2.